The summed E-state index contributed by atoms with van der Waals surface area (Å²) in [6, 6.07) is 0.697. The van der Waals surface area contributed by atoms with Gasteiger partial charge >= 0.3 is 0 Å². The first-order valence-electron chi connectivity index (χ1n) is 7.13. The van der Waals surface area contributed by atoms with E-state index in [2.05, 4.69) is 32.1 Å². The average molecular weight is 262 g/mol. The summed E-state index contributed by atoms with van der Waals surface area (Å²) in [5.74, 6) is 7.35. The maximum Gasteiger partial charge on any atom is 0.148 e. The topological polar surface area (TPSA) is 70.3 Å². The van der Waals surface area contributed by atoms with E-state index in [1.54, 1.807) is 6.33 Å². The zero-order chi connectivity index (χ0) is 13.2. The highest BCUT2D eigenvalue weighted by molar-refractivity contribution is 5.58. The monoisotopic (exact) mass is 262 g/mol. The van der Waals surface area contributed by atoms with Crippen LogP contribution in [-0.4, -0.2) is 47.1 Å². The number of nitrogens with two attached hydrogens (primary N) is 1. The number of hydrogen-bond donors (Lipinski definition) is 2. The lowest BCUT2D eigenvalue weighted by atomic mass is 10.1. The number of hydrogen-bond acceptors (Lipinski definition) is 6. The summed E-state index contributed by atoms with van der Waals surface area (Å²) in [7, 11) is 0. The predicted molar refractivity (Wildman–Crippen MR) is 76.0 cm³/mol. The lowest BCUT2D eigenvalue weighted by Gasteiger charge is -2.38. The molecule has 1 unspecified atom stereocenters. The molecule has 19 heavy (non-hydrogen) atoms. The number of anilines is 2. The van der Waals surface area contributed by atoms with E-state index >= 15 is 0 Å². The molecule has 6 heteroatoms. The molecule has 3 heterocycles. The van der Waals surface area contributed by atoms with Crippen LogP contribution in [0.25, 0.3) is 0 Å². The van der Waals surface area contributed by atoms with Crippen molar-refractivity contribution < 1.29 is 0 Å². The first-order valence-corrected chi connectivity index (χ1v) is 7.13. The van der Waals surface area contributed by atoms with Gasteiger partial charge in [-0.2, -0.15) is 0 Å². The van der Waals surface area contributed by atoms with Gasteiger partial charge in [0.2, 0.25) is 0 Å². The van der Waals surface area contributed by atoms with Gasteiger partial charge in [-0.25, -0.2) is 15.8 Å². The van der Waals surface area contributed by atoms with E-state index in [0.717, 1.165) is 43.3 Å². The molecule has 1 aromatic rings. The van der Waals surface area contributed by atoms with Gasteiger partial charge in [-0.15, -0.1) is 0 Å². The van der Waals surface area contributed by atoms with E-state index in [0.29, 0.717) is 6.04 Å². The molecule has 1 aromatic heterocycles. The Morgan fingerprint density at radius 2 is 2.26 bits per heavy atom. The van der Waals surface area contributed by atoms with Gasteiger partial charge in [-0.3, -0.25) is 4.90 Å². The molecule has 104 valence electrons. The summed E-state index contributed by atoms with van der Waals surface area (Å²) in [6.45, 7) is 6.65. The van der Waals surface area contributed by atoms with Crippen molar-refractivity contribution in [3.63, 3.8) is 0 Å². The maximum atomic E-state index is 5.54. The predicted octanol–water partition coefficient (Wildman–Crippen LogP) is 0.609. The summed E-state index contributed by atoms with van der Waals surface area (Å²) in [4.78, 5) is 13.7. The number of fused-ring (bicyclic) bond motifs is 1. The molecule has 0 spiro atoms. The first-order chi connectivity index (χ1) is 9.33. The summed E-state index contributed by atoms with van der Waals surface area (Å²) in [5, 5.41) is 0. The molecule has 0 aromatic carbocycles. The summed E-state index contributed by atoms with van der Waals surface area (Å²) < 4.78 is 0. The van der Waals surface area contributed by atoms with Crippen LogP contribution in [0.3, 0.4) is 0 Å². The van der Waals surface area contributed by atoms with E-state index in [1.165, 1.54) is 19.4 Å². The molecule has 0 aliphatic carbocycles. The van der Waals surface area contributed by atoms with Crippen molar-refractivity contribution in [3.8, 4) is 0 Å². The van der Waals surface area contributed by atoms with Gasteiger partial charge in [0.15, 0.2) is 0 Å². The molecule has 2 saturated heterocycles. The minimum absolute atomic E-state index is 0.697. The Hall–Kier alpha value is -1.40. The number of aromatic nitrogens is 2. The Morgan fingerprint density at radius 3 is 3.05 bits per heavy atom. The third kappa shape index (κ3) is 2.26. The molecule has 0 amide bonds. The van der Waals surface area contributed by atoms with Gasteiger partial charge in [0.05, 0.1) is 0 Å². The van der Waals surface area contributed by atoms with E-state index in [1.807, 2.05) is 0 Å². The highest BCUT2D eigenvalue weighted by Gasteiger charge is 2.31. The van der Waals surface area contributed by atoms with Gasteiger partial charge in [0.1, 0.15) is 18.0 Å². The third-order valence-corrected chi connectivity index (χ3v) is 4.30. The molecule has 3 N–H and O–H groups in total. The molecule has 0 saturated carbocycles. The van der Waals surface area contributed by atoms with Crippen molar-refractivity contribution in [1.82, 2.24) is 14.9 Å². The Balaban J connectivity index is 1.85. The van der Waals surface area contributed by atoms with Crippen LogP contribution in [0.2, 0.25) is 0 Å². The fourth-order valence-electron chi connectivity index (χ4n) is 3.31. The highest BCUT2D eigenvalue weighted by atomic mass is 15.3. The Labute approximate surface area is 114 Å². The van der Waals surface area contributed by atoms with Gasteiger partial charge in [-0.1, -0.05) is 6.92 Å². The largest absolute Gasteiger partial charge is 0.353 e. The van der Waals surface area contributed by atoms with Crippen LogP contribution in [-0.2, 0) is 6.42 Å². The maximum absolute atomic E-state index is 5.54. The number of nitrogens with one attached hydrogen (secondary N) is 1. The van der Waals surface area contributed by atoms with E-state index in [4.69, 9.17) is 5.84 Å². The van der Waals surface area contributed by atoms with Gasteiger partial charge in [-0.05, 0) is 25.8 Å². The van der Waals surface area contributed by atoms with Gasteiger partial charge < -0.3 is 10.3 Å². The Morgan fingerprint density at radius 1 is 1.37 bits per heavy atom. The summed E-state index contributed by atoms with van der Waals surface area (Å²) in [6.07, 6.45) is 5.13. The van der Waals surface area contributed by atoms with Crippen molar-refractivity contribution in [1.29, 1.82) is 0 Å². The molecule has 0 bridgehead atoms. The normalized spacial score (nSPS) is 23.5. The van der Waals surface area contributed by atoms with E-state index in [-0.39, 0.29) is 0 Å². The minimum Gasteiger partial charge on any atom is -0.353 e. The number of piperazine rings is 1. The number of nitrogens with zero attached hydrogens (tertiary/aromatic N) is 4. The Kier molecular flexibility index (Phi) is 3.52. The standard InChI is InChI=1S/C13H22N6/c1-2-11-12(17-14)15-9-16-13(11)19-7-6-18-5-3-4-10(18)8-19/h9-10H,2-8,14H2,1H3,(H,15,16,17). The quantitative estimate of drug-likeness (QED) is 0.614. The third-order valence-electron chi connectivity index (χ3n) is 4.30. The molecule has 2 aliphatic rings. The van der Waals surface area contributed by atoms with E-state index in [9.17, 15) is 0 Å². The highest BCUT2D eigenvalue weighted by Crippen LogP contribution is 2.28. The number of hydrazine groups is 1. The summed E-state index contributed by atoms with van der Waals surface area (Å²) in [5.41, 5.74) is 3.81. The second-order valence-corrected chi connectivity index (χ2v) is 5.30. The molecule has 2 fully saturated rings. The van der Waals surface area contributed by atoms with Crippen LogP contribution in [0.1, 0.15) is 25.3 Å². The molecule has 1 atom stereocenters. The molecular weight excluding hydrogens is 240 g/mol. The second-order valence-electron chi connectivity index (χ2n) is 5.30. The average Bonchev–Trinajstić information content (AvgIpc) is 2.93. The number of rotatable bonds is 3. The zero-order valence-electron chi connectivity index (χ0n) is 11.5. The van der Waals surface area contributed by atoms with Crippen LogP contribution >= 0.6 is 0 Å². The smallest absolute Gasteiger partial charge is 0.148 e. The van der Waals surface area contributed by atoms with Crippen LogP contribution in [0.15, 0.2) is 6.33 Å². The van der Waals surface area contributed by atoms with Crippen molar-refractivity contribution in [2.24, 2.45) is 5.84 Å². The molecular formula is C13H22N6. The van der Waals surface area contributed by atoms with Gasteiger partial charge in [0.25, 0.3) is 0 Å². The second kappa shape index (κ2) is 5.30. The van der Waals surface area contributed by atoms with Crippen LogP contribution in [0.5, 0.6) is 0 Å². The van der Waals surface area contributed by atoms with Crippen molar-refractivity contribution in [2.45, 2.75) is 32.2 Å². The fraction of sp³-hybridized carbons (Fsp3) is 0.692. The minimum atomic E-state index is 0.697. The molecule has 2 aliphatic heterocycles. The summed E-state index contributed by atoms with van der Waals surface area (Å²) >= 11 is 0. The SMILES string of the molecule is CCc1c(NN)ncnc1N1CCN2CCCC2C1. The first kappa shape index (κ1) is 12.6. The van der Waals surface area contributed by atoms with Crippen molar-refractivity contribution in [2.75, 3.05) is 36.5 Å². The molecule has 0 radical (unpaired) electrons. The zero-order valence-corrected chi connectivity index (χ0v) is 11.5. The van der Waals surface area contributed by atoms with Crippen molar-refractivity contribution >= 4 is 11.6 Å². The van der Waals surface area contributed by atoms with Crippen LogP contribution in [0.4, 0.5) is 11.6 Å². The Bertz CT molecular complexity index is 449. The lowest BCUT2D eigenvalue weighted by Crippen LogP contribution is -2.50. The van der Waals surface area contributed by atoms with Crippen LogP contribution < -0.4 is 16.2 Å². The van der Waals surface area contributed by atoms with Gasteiger partial charge in [0, 0.05) is 31.2 Å². The van der Waals surface area contributed by atoms with Crippen molar-refractivity contribution in [3.05, 3.63) is 11.9 Å². The number of nitrogen functional groups attached to an aromatic ring is 1. The molecule has 6 nitrogen and oxygen atoms in total. The lowest BCUT2D eigenvalue weighted by molar-refractivity contribution is 0.230. The van der Waals surface area contributed by atoms with E-state index < -0.39 is 0 Å². The van der Waals surface area contributed by atoms with Crippen LogP contribution in [0, 0.1) is 0 Å². The fourth-order valence-corrected chi connectivity index (χ4v) is 3.31. The molecule has 3 rings (SSSR count).